The van der Waals surface area contributed by atoms with E-state index in [2.05, 4.69) is 31.2 Å². The Kier molecular flexibility index (Phi) is 7.31. The van der Waals surface area contributed by atoms with Gasteiger partial charge >= 0.3 is 5.97 Å². The van der Waals surface area contributed by atoms with Gasteiger partial charge in [0.15, 0.2) is 6.61 Å². The van der Waals surface area contributed by atoms with Crippen molar-refractivity contribution in [2.45, 2.75) is 14.4 Å². The maximum absolute atomic E-state index is 10.9. The van der Waals surface area contributed by atoms with Crippen LogP contribution in [0.15, 0.2) is 109 Å². The summed E-state index contributed by atoms with van der Waals surface area (Å²) < 4.78 is 7.41. The number of rotatable bonds is 7. The van der Waals surface area contributed by atoms with E-state index < -0.39 is 5.97 Å². The zero-order valence-electron chi connectivity index (χ0n) is 19.3. The summed E-state index contributed by atoms with van der Waals surface area (Å²) in [5.41, 5.74) is 8.01. The van der Waals surface area contributed by atoms with Gasteiger partial charge in [-0.3, -0.25) is 0 Å². The first-order valence-corrected chi connectivity index (χ1v) is 11.4. The Balaban J connectivity index is 0.00000304. The molecule has 0 amide bonds. The molecule has 0 spiro atoms. The smallest absolute Gasteiger partial charge is 0.341 e. The number of nitrogens with zero attached hydrogens (tertiary/aromatic N) is 2. The van der Waals surface area contributed by atoms with E-state index in [1.807, 2.05) is 83.5 Å². The van der Waals surface area contributed by atoms with Crippen LogP contribution in [-0.2, 0) is 4.79 Å². The van der Waals surface area contributed by atoms with Crippen LogP contribution >= 0.6 is 0 Å². The molecule has 0 unspecified atom stereocenters. The molecular weight excluding hydrogens is 448 g/mol. The van der Waals surface area contributed by atoms with E-state index in [0.29, 0.717) is 5.75 Å². The van der Waals surface area contributed by atoms with Crippen LogP contribution in [0.1, 0.15) is 13.1 Å². The molecule has 0 bridgehead atoms. The average Bonchev–Trinajstić information content (AvgIpc) is 3.25. The van der Waals surface area contributed by atoms with Crippen LogP contribution in [0, 0.1) is 6.92 Å². The van der Waals surface area contributed by atoms with Crippen LogP contribution in [-0.4, -0.2) is 27.5 Å². The highest BCUT2D eigenvalue weighted by Gasteiger charge is 2.20. The van der Waals surface area contributed by atoms with Crippen LogP contribution in [0.5, 0.6) is 5.75 Å². The summed E-state index contributed by atoms with van der Waals surface area (Å²) in [6.45, 7) is 1.70. The lowest BCUT2D eigenvalue weighted by Crippen LogP contribution is -2.09. The first-order chi connectivity index (χ1) is 17.1. The Labute approximate surface area is 211 Å². The molecule has 0 radical (unpaired) electrons. The fraction of sp³-hybridized carbons (Fsp3) is 0.0968. The molecule has 0 aliphatic carbocycles. The summed E-state index contributed by atoms with van der Waals surface area (Å²) >= 11 is 0. The number of hydrogen-bond donors (Lipinski definition) is 1. The number of carbonyl (C=O) groups is 1. The van der Waals surface area contributed by atoms with E-state index >= 15 is 0 Å². The summed E-state index contributed by atoms with van der Waals surface area (Å²) in [5, 5.41) is 14.1. The van der Waals surface area contributed by atoms with Gasteiger partial charge < -0.3 is 9.84 Å². The van der Waals surface area contributed by atoms with Crippen molar-refractivity contribution < 1.29 is 14.6 Å². The topological polar surface area (TPSA) is 64.4 Å². The summed E-state index contributed by atoms with van der Waals surface area (Å²) in [7, 11) is 0. The molecule has 5 aromatic rings. The number of carboxylic acid groups (broad SMARTS) is 1. The molecule has 36 heavy (non-hydrogen) atoms. The van der Waals surface area contributed by atoms with Gasteiger partial charge in [0.2, 0.25) is 0 Å². The highest BCUT2D eigenvalue weighted by molar-refractivity contribution is 5.84. The largest absolute Gasteiger partial charge is 0.482 e. The van der Waals surface area contributed by atoms with Crippen LogP contribution < -0.4 is 4.74 Å². The lowest BCUT2D eigenvalue weighted by molar-refractivity contribution is -0.139. The molecule has 1 N–H and O–H groups in total. The van der Waals surface area contributed by atoms with Gasteiger partial charge in [0.25, 0.3) is 0 Å². The Hall–Kier alpha value is -4.64. The number of aliphatic carboxylic acids is 1. The quantitative estimate of drug-likeness (QED) is 0.268. The molecule has 5 rings (SSSR count). The number of benzene rings is 4. The normalized spacial score (nSPS) is 10.5. The first kappa shape index (κ1) is 24.5. The van der Waals surface area contributed by atoms with E-state index in [0.717, 1.165) is 44.9 Å². The standard InChI is InChI=1S/C30H24N2O3.CH4/c1-21-29(22-11-4-2-5-12-22)30(23-13-6-3-7-14-23)31-32(21)27-18-9-8-17-26(27)24-15-10-16-25(19-24)35-20-28(33)34;/h2-19H,20H2,1H3,(H,33,34);1H4. The van der Waals surface area contributed by atoms with E-state index in [1.54, 1.807) is 6.07 Å². The van der Waals surface area contributed by atoms with Crippen LogP contribution in [0.25, 0.3) is 39.2 Å². The summed E-state index contributed by atoms with van der Waals surface area (Å²) in [6, 6.07) is 36.0. The first-order valence-electron chi connectivity index (χ1n) is 11.4. The van der Waals surface area contributed by atoms with Gasteiger partial charge in [-0.15, -0.1) is 0 Å². The Morgan fingerprint density at radius 1 is 0.806 bits per heavy atom. The third-order valence-corrected chi connectivity index (χ3v) is 5.87. The van der Waals surface area contributed by atoms with E-state index in [9.17, 15) is 4.79 Å². The lowest BCUT2D eigenvalue weighted by atomic mass is 9.99. The van der Waals surface area contributed by atoms with Gasteiger partial charge in [-0.25, -0.2) is 9.48 Å². The Morgan fingerprint density at radius 2 is 1.42 bits per heavy atom. The summed E-state index contributed by atoms with van der Waals surface area (Å²) in [5.74, 6) is -0.503. The van der Waals surface area contributed by atoms with Crippen LogP contribution in [0.4, 0.5) is 0 Å². The second-order valence-electron chi connectivity index (χ2n) is 8.18. The van der Waals surface area contributed by atoms with E-state index in [-0.39, 0.29) is 14.0 Å². The van der Waals surface area contributed by atoms with Crippen molar-refractivity contribution in [1.82, 2.24) is 9.78 Å². The molecule has 5 nitrogen and oxygen atoms in total. The van der Waals surface area contributed by atoms with Crippen molar-refractivity contribution in [1.29, 1.82) is 0 Å². The van der Waals surface area contributed by atoms with Gasteiger partial charge in [-0.05, 0) is 36.2 Å². The molecule has 0 fully saturated rings. The molecule has 0 atom stereocenters. The van der Waals surface area contributed by atoms with Crippen molar-refractivity contribution >= 4 is 5.97 Å². The van der Waals surface area contributed by atoms with Gasteiger partial charge in [-0.1, -0.05) is 98.4 Å². The molecule has 4 aromatic carbocycles. The van der Waals surface area contributed by atoms with Gasteiger partial charge in [-0.2, -0.15) is 5.10 Å². The molecular formula is C31H28N2O3. The third-order valence-electron chi connectivity index (χ3n) is 5.87. The van der Waals surface area contributed by atoms with Gasteiger partial charge in [0.1, 0.15) is 11.4 Å². The van der Waals surface area contributed by atoms with Gasteiger partial charge in [0.05, 0.1) is 5.69 Å². The fourth-order valence-corrected chi connectivity index (χ4v) is 4.29. The van der Waals surface area contributed by atoms with Crippen molar-refractivity contribution in [2.24, 2.45) is 0 Å². The number of aromatic nitrogens is 2. The predicted molar refractivity (Wildman–Crippen MR) is 144 cm³/mol. The van der Waals surface area contributed by atoms with E-state index in [4.69, 9.17) is 14.9 Å². The van der Waals surface area contributed by atoms with Gasteiger partial charge in [0, 0.05) is 22.4 Å². The Morgan fingerprint density at radius 3 is 2.11 bits per heavy atom. The second kappa shape index (κ2) is 10.7. The monoisotopic (exact) mass is 476 g/mol. The van der Waals surface area contributed by atoms with Crippen molar-refractivity contribution in [3.63, 3.8) is 0 Å². The second-order valence-corrected chi connectivity index (χ2v) is 8.18. The minimum absolute atomic E-state index is 0. The zero-order chi connectivity index (χ0) is 24.2. The molecule has 0 aliphatic rings. The van der Waals surface area contributed by atoms with Crippen molar-refractivity contribution in [3.05, 3.63) is 115 Å². The number of ether oxygens (including phenoxy) is 1. The third kappa shape index (κ3) is 4.91. The SMILES string of the molecule is C.Cc1c(-c2ccccc2)c(-c2ccccc2)nn1-c1ccccc1-c1cccc(OCC(=O)O)c1. The molecule has 5 heteroatoms. The predicted octanol–water partition coefficient (Wildman–Crippen LogP) is 7.28. The van der Waals surface area contributed by atoms with Crippen LogP contribution in [0.2, 0.25) is 0 Å². The Bertz CT molecular complexity index is 1470. The van der Waals surface area contributed by atoms with Crippen LogP contribution in [0.3, 0.4) is 0 Å². The molecule has 0 saturated heterocycles. The van der Waals surface area contributed by atoms with E-state index in [1.165, 1.54) is 0 Å². The average molecular weight is 477 g/mol. The number of carboxylic acids is 1. The maximum Gasteiger partial charge on any atom is 0.341 e. The van der Waals surface area contributed by atoms with Crippen molar-refractivity contribution in [2.75, 3.05) is 6.61 Å². The summed E-state index contributed by atoms with van der Waals surface area (Å²) in [4.78, 5) is 10.9. The zero-order valence-corrected chi connectivity index (χ0v) is 19.3. The highest BCUT2D eigenvalue weighted by atomic mass is 16.5. The molecule has 1 heterocycles. The molecule has 1 aromatic heterocycles. The minimum Gasteiger partial charge on any atom is -0.482 e. The highest BCUT2D eigenvalue weighted by Crippen LogP contribution is 2.37. The molecule has 0 saturated carbocycles. The maximum atomic E-state index is 10.9. The fourth-order valence-electron chi connectivity index (χ4n) is 4.29. The molecule has 180 valence electrons. The number of para-hydroxylation sites is 1. The molecule has 0 aliphatic heterocycles. The number of hydrogen-bond acceptors (Lipinski definition) is 3. The minimum atomic E-state index is -1.01. The summed E-state index contributed by atoms with van der Waals surface area (Å²) in [6.07, 6.45) is 0. The lowest BCUT2D eigenvalue weighted by Gasteiger charge is -2.13. The van der Waals surface area contributed by atoms with Crippen molar-refractivity contribution in [3.8, 4) is 44.9 Å².